The summed E-state index contributed by atoms with van der Waals surface area (Å²) in [5, 5.41) is 16.8. The second-order valence-corrected chi connectivity index (χ2v) is 6.33. The molecule has 0 aliphatic heterocycles. The van der Waals surface area contributed by atoms with Gasteiger partial charge in [0.05, 0.1) is 12.6 Å². The normalized spacial score (nSPS) is 12.1. The Morgan fingerprint density at radius 3 is 2.66 bits per heavy atom. The van der Waals surface area contributed by atoms with Crippen molar-refractivity contribution >= 4 is 29.9 Å². The first-order valence-corrected chi connectivity index (χ1v) is 9.44. The monoisotopic (exact) mass is 506 g/mol. The van der Waals surface area contributed by atoms with E-state index in [4.69, 9.17) is 0 Å². The predicted octanol–water partition coefficient (Wildman–Crippen LogP) is 3.06. The lowest BCUT2D eigenvalue weighted by Crippen LogP contribution is -2.38. The van der Waals surface area contributed by atoms with Crippen molar-refractivity contribution in [2.24, 2.45) is 4.99 Å². The van der Waals surface area contributed by atoms with Crippen molar-refractivity contribution in [2.45, 2.75) is 26.0 Å². The second kappa shape index (κ2) is 12.2. The van der Waals surface area contributed by atoms with Gasteiger partial charge in [0, 0.05) is 31.7 Å². The first-order chi connectivity index (χ1) is 13.8. The maximum atomic E-state index is 10.3. The maximum Gasteiger partial charge on any atom is 0.191 e. The van der Waals surface area contributed by atoms with Gasteiger partial charge in [0.25, 0.3) is 0 Å². The number of aliphatic imine (C=N–C) groups is 1. The molecule has 0 saturated carbocycles. The van der Waals surface area contributed by atoms with Gasteiger partial charge in [0.2, 0.25) is 0 Å². The van der Waals surface area contributed by atoms with Crippen LogP contribution in [0.25, 0.3) is 5.82 Å². The number of imidazole rings is 1. The minimum atomic E-state index is -0.489. The Hall–Kier alpha value is -2.46. The summed E-state index contributed by atoms with van der Waals surface area (Å²) < 4.78 is 1.86. The summed E-state index contributed by atoms with van der Waals surface area (Å²) in [7, 11) is 0. The van der Waals surface area contributed by atoms with E-state index < -0.39 is 6.10 Å². The van der Waals surface area contributed by atoms with Gasteiger partial charge >= 0.3 is 0 Å². The number of guanidine groups is 1. The molecule has 0 amide bonds. The average molecular weight is 506 g/mol. The van der Waals surface area contributed by atoms with E-state index in [-0.39, 0.29) is 24.0 Å². The molecule has 0 aliphatic rings. The zero-order valence-electron chi connectivity index (χ0n) is 16.4. The number of aliphatic hydroxyl groups is 1. The Labute approximate surface area is 188 Å². The molecule has 1 aromatic carbocycles. The van der Waals surface area contributed by atoms with Crippen molar-refractivity contribution < 1.29 is 5.11 Å². The fourth-order valence-corrected chi connectivity index (χ4v) is 2.74. The van der Waals surface area contributed by atoms with Gasteiger partial charge in [-0.3, -0.25) is 4.57 Å². The van der Waals surface area contributed by atoms with Crippen LogP contribution in [0.1, 0.15) is 30.6 Å². The van der Waals surface area contributed by atoms with Crippen molar-refractivity contribution in [2.75, 3.05) is 13.1 Å². The van der Waals surface area contributed by atoms with Crippen molar-refractivity contribution in [3.8, 4) is 5.82 Å². The highest BCUT2D eigenvalue weighted by Crippen LogP contribution is 2.14. The molecule has 2 aromatic heterocycles. The lowest BCUT2D eigenvalue weighted by atomic mass is 10.1. The Morgan fingerprint density at radius 1 is 1.17 bits per heavy atom. The highest BCUT2D eigenvalue weighted by atomic mass is 127. The highest BCUT2D eigenvalue weighted by Gasteiger charge is 2.07. The molecule has 3 N–H and O–H groups in total. The molecule has 2 heterocycles. The first kappa shape index (κ1) is 22.8. The molecule has 8 heteroatoms. The molecular weight excluding hydrogens is 479 g/mol. The third-order valence-corrected chi connectivity index (χ3v) is 4.24. The van der Waals surface area contributed by atoms with Gasteiger partial charge in [0.15, 0.2) is 5.96 Å². The minimum absolute atomic E-state index is 0. The smallest absolute Gasteiger partial charge is 0.191 e. The third kappa shape index (κ3) is 7.13. The SMILES string of the molecule is CCNC(=NCc1ccc(-n2ccnc2)nc1)NCCC(O)c1ccccc1.I. The number of aliphatic hydroxyl groups excluding tert-OH is 1. The molecule has 7 nitrogen and oxygen atoms in total. The predicted molar refractivity (Wildman–Crippen MR) is 126 cm³/mol. The lowest BCUT2D eigenvalue weighted by Gasteiger charge is -2.14. The molecule has 0 radical (unpaired) electrons. The summed E-state index contributed by atoms with van der Waals surface area (Å²) >= 11 is 0. The van der Waals surface area contributed by atoms with Crippen LogP contribution in [-0.2, 0) is 6.54 Å². The standard InChI is InChI=1S/C21H26N6O.HI/c1-2-23-21(24-11-10-19(28)18-6-4-3-5-7-18)26-15-17-8-9-20(25-14-17)27-13-12-22-16-27;/h3-9,12-14,16,19,28H,2,10-11,15H2,1H3,(H2,23,24,26);1H. The van der Waals surface area contributed by atoms with Crippen molar-refractivity contribution in [1.29, 1.82) is 0 Å². The zero-order chi connectivity index (χ0) is 19.6. The summed E-state index contributed by atoms with van der Waals surface area (Å²) in [4.78, 5) is 13.1. The number of halogens is 1. The molecule has 1 atom stereocenters. The molecule has 3 rings (SSSR count). The molecule has 0 aliphatic carbocycles. The summed E-state index contributed by atoms with van der Waals surface area (Å²) in [5.74, 6) is 1.55. The Morgan fingerprint density at radius 2 is 2.00 bits per heavy atom. The first-order valence-electron chi connectivity index (χ1n) is 9.44. The fourth-order valence-electron chi connectivity index (χ4n) is 2.74. The van der Waals surface area contributed by atoms with Crippen molar-refractivity contribution in [3.63, 3.8) is 0 Å². The number of nitrogens with zero attached hydrogens (tertiary/aromatic N) is 4. The van der Waals surface area contributed by atoms with E-state index in [0.717, 1.165) is 29.4 Å². The largest absolute Gasteiger partial charge is 0.388 e. The van der Waals surface area contributed by atoms with E-state index in [1.165, 1.54) is 0 Å². The van der Waals surface area contributed by atoms with Gasteiger partial charge in [-0.05, 0) is 30.5 Å². The fraction of sp³-hybridized carbons (Fsp3) is 0.286. The van der Waals surface area contributed by atoms with Crippen LogP contribution in [0.15, 0.2) is 72.4 Å². The van der Waals surface area contributed by atoms with Crippen LogP contribution in [0.3, 0.4) is 0 Å². The zero-order valence-corrected chi connectivity index (χ0v) is 18.7. The van der Waals surface area contributed by atoms with Crippen molar-refractivity contribution in [1.82, 2.24) is 25.2 Å². The average Bonchev–Trinajstić information content (AvgIpc) is 3.28. The number of hydrogen-bond donors (Lipinski definition) is 3. The molecule has 1 unspecified atom stereocenters. The summed E-state index contributed by atoms with van der Waals surface area (Å²) in [6.45, 7) is 3.94. The van der Waals surface area contributed by atoms with Crippen LogP contribution in [0.5, 0.6) is 0 Å². The number of hydrogen-bond acceptors (Lipinski definition) is 4. The van der Waals surface area contributed by atoms with Crippen LogP contribution in [0, 0.1) is 0 Å². The number of pyridine rings is 1. The number of aromatic nitrogens is 3. The van der Waals surface area contributed by atoms with Gasteiger partial charge < -0.3 is 15.7 Å². The number of benzene rings is 1. The maximum absolute atomic E-state index is 10.3. The molecule has 0 spiro atoms. The third-order valence-electron chi connectivity index (χ3n) is 4.24. The van der Waals surface area contributed by atoms with Crippen LogP contribution in [0.2, 0.25) is 0 Å². The number of rotatable bonds is 8. The summed E-state index contributed by atoms with van der Waals surface area (Å²) in [6.07, 6.45) is 7.24. The molecular formula is C21H27IN6O. The molecule has 29 heavy (non-hydrogen) atoms. The van der Waals surface area contributed by atoms with E-state index in [1.807, 2.05) is 66.3 Å². The lowest BCUT2D eigenvalue weighted by molar-refractivity contribution is 0.168. The number of nitrogens with one attached hydrogen (secondary N) is 2. The summed E-state index contributed by atoms with van der Waals surface area (Å²) in [5.41, 5.74) is 1.95. The van der Waals surface area contributed by atoms with Crippen LogP contribution < -0.4 is 10.6 Å². The highest BCUT2D eigenvalue weighted by molar-refractivity contribution is 14.0. The second-order valence-electron chi connectivity index (χ2n) is 6.33. The van der Waals surface area contributed by atoms with E-state index in [1.54, 1.807) is 12.5 Å². The van der Waals surface area contributed by atoms with E-state index in [2.05, 4.69) is 25.6 Å². The van der Waals surface area contributed by atoms with Gasteiger partial charge in [-0.25, -0.2) is 15.0 Å². The van der Waals surface area contributed by atoms with Gasteiger partial charge in [-0.1, -0.05) is 36.4 Å². The van der Waals surface area contributed by atoms with Gasteiger partial charge in [-0.15, -0.1) is 24.0 Å². The quantitative estimate of drug-likeness (QED) is 0.249. The Kier molecular flexibility index (Phi) is 9.58. The van der Waals surface area contributed by atoms with Gasteiger partial charge in [-0.2, -0.15) is 0 Å². The van der Waals surface area contributed by atoms with Crippen LogP contribution in [-0.4, -0.2) is 38.7 Å². The van der Waals surface area contributed by atoms with E-state index >= 15 is 0 Å². The van der Waals surface area contributed by atoms with Crippen LogP contribution >= 0.6 is 24.0 Å². The molecule has 0 bridgehead atoms. The van der Waals surface area contributed by atoms with Crippen molar-refractivity contribution in [3.05, 3.63) is 78.5 Å². The molecule has 154 valence electrons. The molecule has 0 fully saturated rings. The van der Waals surface area contributed by atoms with Crippen LogP contribution in [0.4, 0.5) is 0 Å². The Balaban J connectivity index is 0.00000300. The topological polar surface area (TPSA) is 87.4 Å². The summed E-state index contributed by atoms with van der Waals surface area (Å²) in [6, 6.07) is 13.6. The molecule has 3 aromatic rings. The van der Waals surface area contributed by atoms with Gasteiger partial charge in [0.1, 0.15) is 12.1 Å². The van der Waals surface area contributed by atoms with E-state index in [0.29, 0.717) is 19.5 Å². The van der Waals surface area contributed by atoms with E-state index in [9.17, 15) is 5.11 Å². The molecule has 0 saturated heterocycles. The minimum Gasteiger partial charge on any atom is -0.388 e. The Bertz CT molecular complexity index is 853.